The molecular formula is C15H22N4O6S. The molecule has 1 N–H and O–H groups in total. The maximum absolute atomic E-state index is 12.4. The van der Waals surface area contributed by atoms with Crippen LogP contribution in [0.2, 0.25) is 0 Å². The molecule has 3 heterocycles. The summed E-state index contributed by atoms with van der Waals surface area (Å²) in [6.45, 7) is 2.54. The van der Waals surface area contributed by atoms with Gasteiger partial charge in [-0.2, -0.15) is 13.5 Å². The number of hydrogen-bond donors (Lipinski definition) is 1. The van der Waals surface area contributed by atoms with Gasteiger partial charge in [0.25, 0.3) is 0 Å². The summed E-state index contributed by atoms with van der Waals surface area (Å²) < 4.78 is 40.9. The van der Waals surface area contributed by atoms with Gasteiger partial charge in [-0.3, -0.25) is 4.55 Å². The minimum Gasteiger partial charge on any atom is -0.423 e. The van der Waals surface area contributed by atoms with Crippen molar-refractivity contribution in [2.75, 3.05) is 6.54 Å². The van der Waals surface area contributed by atoms with E-state index in [4.69, 9.17) is 8.97 Å². The number of hydrogen-bond acceptors (Lipinski definition) is 7. The zero-order valence-corrected chi connectivity index (χ0v) is 15.3. The van der Waals surface area contributed by atoms with Gasteiger partial charge in [0.05, 0.1) is 6.04 Å². The SMILES string of the molecule is CC1CC(CCc2nnc(C3CCC4CN3C(=O)N4OS(=O)(=O)O)o2)C1. The van der Waals surface area contributed by atoms with Crippen molar-refractivity contribution in [1.29, 1.82) is 0 Å². The Morgan fingerprint density at radius 2 is 2.08 bits per heavy atom. The maximum atomic E-state index is 12.4. The van der Waals surface area contributed by atoms with E-state index in [9.17, 15) is 13.2 Å². The lowest BCUT2D eigenvalue weighted by molar-refractivity contribution is -0.0317. The van der Waals surface area contributed by atoms with Gasteiger partial charge < -0.3 is 9.32 Å². The van der Waals surface area contributed by atoms with Gasteiger partial charge in [-0.1, -0.05) is 6.92 Å². The Morgan fingerprint density at radius 3 is 2.77 bits per heavy atom. The van der Waals surface area contributed by atoms with Gasteiger partial charge >= 0.3 is 16.4 Å². The standard InChI is InChI=1S/C15H22N4O6S/c1-9-6-10(7-9)2-5-13-16-17-14(24-13)12-4-3-11-8-18(12)15(20)19(11)25-26(21,22)23/h9-12H,2-8H2,1H3,(H,21,22,23). The Balaban J connectivity index is 1.40. The summed E-state index contributed by atoms with van der Waals surface area (Å²) in [6, 6.07) is -1.46. The average molecular weight is 386 g/mol. The fourth-order valence-corrected chi connectivity index (χ4v) is 4.61. The molecule has 2 saturated heterocycles. The van der Waals surface area contributed by atoms with Crippen LogP contribution in [-0.2, 0) is 21.1 Å². The Morgan fingerprint density at radius 1 is 1.31 bits per heavy atom. The van der Waals surface area contributed by atoms with Crippen molar-refractivity contribution >= 4 is 16.4 Å². The predicted molar refractivity (Wildman–Crippen MR) is 86.8 cm³/mol. The van der Waals surface area contributed by atoms with Crippen LogP contribution < -0.4 is 0 Å². The number of urea groups is 1. The van der Waals surface area contributed by atoms with Gasteiger partial charge in [0.2, 0.25) is 11.8 Å². The molecule has 0 radical (unpaired) electrons. The Hall–Kier alpha value is -1.72. The molecule has 2 bridgehead atoms. The van der Waals surface area contributed by atoms with E-state index < -0.39 is 28.5 Å². The van der Waals surface area contributed by atoms with E-state index in [0.717, 1.165) is 24.7 Å². The lowest BCUT2D eigenvalue weighted by atomic mass is 9.74. The van der Waals surface area contributed by atoms with Crippen molar-refractivity contribution in [3.63, 3.8) is 0 Å². The smallest absolute Gasteiger partial charge is 0.418 e. The number of nitrogens with zero attached hydrogens (tertiary/aromatic N) is 4. The average Bonchev–Trinajstić information content (AvgIpc) is 3.10. The highest BCUT2D eigenvalue weighted by Gasteiger charge is 2.49. The highest BCUT2D eigenvalue weighted by molar-refractivity contribution is 7.80. The topological polar surface area (TPSA) is 126 Å². The third kappa shape index (κ3) is 3.42. The monoisotopic (exact) mass is 386 g/mol. The van der Waals surface area contributed by atoms with E-state index in [1.54, 1.807) is 0 Å². The van der Waals surface area contributed by atoms with Crippen LogP contribution in [0, 0.1) is 11.8 Å². The second kappa shape index (κ2) is 6.46. The maximum Gasteiger partial charge on any atom is 0.418 e. The Kier molecular flexibility index (Phi) is 4.40. The zero-order chi connectivity index (χ0) is 18.5. The predicted octanol–water partition coefficient (Wildman–Crippen LogP) is 1.72. The van der Waals surface area contributed by atoms with Crippen LogP contribution >= 0.6 is 0 Å². The largest absolute Gasteiger partial charge is 0.423 e. The van der Waals surface area contributed by atoms with E-state index in [1.807, 2.05) is 0 Å². The number of rotatable bonds is 6. The van der Waals surface area contributed by atoms with Crippen molar-refractivity contribution < 1.29 is 26.5 Å². The van der Waals surface area contributed by atoms with Gasteiger partial charge in [0.15, 0.2) is 0 Å². The third-order valence-corrected chi connectivity index (χ3v) is 5.85. The molecule has 3 fully saturated rings. The van der Waals surface area contributed by atoms with Gasteiger partial charge in [0.1, 0.15) is 6.04 Å². The summed E-state index contributed by atoms with van der Waals surface area (Å²) >= 11 is 0. The number of hydroxylamine groups is 2. The summed E-state index contributed by atoms with van der Waals surface area (Å²) in [5.41, 5.74) is 0. The first-order valence-electron chi connectivity index (χ1n) is 8.89. The molecule has 1 aliphatic carbocycles. The second-order valence-corrected chi connectivity index (χ2v) is 8.53. The minimum atomic E-state index is -4.75. The van der Waals surface area contributed by atoms with Gasteiger partial charge in [-0.15, -0.1) is 14.5 Å². The molecular weight excluding hydrogens is 364 g/mol. The molecule has 11 heteroatoms. The van der Waals surface area contributed by atoms with E-state index >= 15 is 0 Å². The summed E-state index contributed by atoms with van der Waals surface area (Å²) in [6.07, 6.45) is 5.32. The van der Waals surface area contributed by atoms with E-state index in [1.165, 1.54) is 17.7 Å². The molecule has 1 aromatic heterocycles. The molecule has 2 unspecified atom stereocenters. The lowest BCUT2D eigenvalue weighted by Crippen LogP contribution is -2.35. The van der Waals surface area contributed by atoms with Crippen LogP contribution in [0.3, 0.4) is 0 Å². The molecule has 2 amide bonds. The number of piperidine rings is 1. The molecule has 0 spiro atoms. The number of aromatic nitrogens is 2. The highest BCUT2D eigenvalue weighted by Crippen LogP contribution is 2.39. The number of fused-ring (bicyclic) bond motifs is 2. The number of amides is 2. The van der Waals surface area contributed by atoms with Crippen molar-refractivity contribution in [3.05, 3.63) is 11.8 Å². The summed E-state index contributed by atoms with van der Waals surface area (Å²) in [5.74, 6) is 2.46. The molecule has 10 nitrogen and oxygen atoms in total. The first-order valence-corrected chi connectivity index (χ1v) is 10.3. The van der Waals surface area contributed by atoms with Crippen LogP contribution in [-0.4, -0.2) is 51.7 Å². The third-order valence-electron chi connectivity index (χ3n) is 5.50. The van der Waals surface area contributed by atoms with Crippen LogP contribution in [0.1, 0.15) is 56.9 Å². The normalized spacial score (nSPS) is 31.4. The quantitative estimate of drug-likeness (QED) is 0.733. The summed E-state index contributed by atoms with van der Waals surface area (Å²) in [7, 11) is -4.75. The second-order valence-electron chi connectivity index (χ2n) is 7.53. The summed E-state index contributed by atoms with van der Waals surface area (Å²) in [5, 5.41) is 8.89. The molecule has 0 aromatic carbocycles. The van der Waals surface area contributed by atoms with E-state index in [2.05, 4.69) is 21.4 Å². The highest BCUT2D eigenvalue weighted by atomic mass is 32.3. The van der Waals surface area contributed by atoms with Crippen LogP contribution in [0.25, 0.3) is 0 Å². The lowest BCUT2D eigenvalue weighted by Gasteiger charge is -2.32. The van der Waals surface area contributed by atoms with E-state index in [0.29, 0.717) is 29.7 Å². The van der Waals surface area contributed by atoms with E-state index in [-0.39, 0.29) is 6.54 Å². The summed E-state index contributed by atoms with van der Waals surface area (Å²) in [4.78, 5) is 13.9. The molecule has 2 aliphatic heterocycles. The molecule has 144 valence electrons. The van der Waals surface area contributed by atoms with Crippen molar-refractivity contribution in [2.24, 2.45) is 11.8 Å². The van der Waals surface area contributed by atoms with Crippen LogP contribution in [0.15, 0.2) is 4.42 Å². The minimum absolute atomic E-state index is 0.288. The Bertz CT molecular complexity index is 790. The fraction of sp³-hybridized carbons (Fsp3) is 0.800. The first-order chi connectivity index (χ1) is 12.3. The Labute approximate surface area is 151 Å². The molecule has 3 aliphatic rings. The number of carbonyl (C=O) groups excluding carboxylic acids is 1. The van der Waals surface area contributed by atoms with Crippen molar-refractivity contribution in [3.8, 4) is 0 Å². The molecule has 4 rings (SSSR count). The first kappa shape index (κ1) is 17.7. The molecule has 2 atom stereocenters. The zero-order valence-electron chi connectivity index (χ0n) is 14.4. The van der Waals surface area contributed by atoms with Crippen molar-refractivity contribution in [2.45, 2.75) is 57.5 Å². The van der Waals surface area contributed by atoms with Gasteiger partial charge in [0, 0.05) is 13.0 Å². The molecule has 26 heavy (non-hydrogen) atoms. The van der Waals surface area contributed by atoms with Gasteiger partial charge in [-0.25, -0.2) is 4.79 Å². The van der Waals surface area contributed by atoms with Crippen LogP contribution in [0.5, 0.6) is 0 Å². The molecule has 1 aromatic rings. The number of carbonyl (C=O) groups is 1. The molecule has 1 saturated carbocycles. The fourth-order valence-electron chi connectivity index (χ4n) is 4.22. The van der Waals surface area contributed by atoms with Crippen LogP contribution in [0.4, 0.5) is 4.79 Å². The number of aryl methyl sites for hydroxylation is 1. The van der Waals surface area contributed by atoms with Gasteiger partial charge in [-0.05, 0) is 43.9 Å². The van der Waals surface area contributed by atoms with Crippen molar-refractivity contribution in [1.82, 2.24) is 20.2 Å².